The molecule has 0 bridgehead atoms. The molecule has 0 spiro atoms. The summed E-state index contributed by atoms with van der Waals surface area (Å²) in [6.45, 7) is 12.9. The maximum Gasteiger partial charge on any atom is 0.226 e. The fourth-order valence-electron chi connectivity index (χ4n) is 3.44. The van der Waals surface area contributed by atoms with E-state index in [9.17, 15) is 9.18 Å². The number of anilines is 1. The molecule has 146 valence electrons. The molecule has 6 heteroatoms. The molecule has 0 saturated heterocycles. The Labute approximate surface area is 160 Å². The van der Waals surface area contributed by atoms with Crippen LogP contribution in [-0.4, -0.2) is 33.2 Å². The number of rotatable bonds is 4. The van der Waals surface area contributed by atoms with E-state index in [1.54, 1.807) is 12.1 Å². The first-order valence-electron chi connectivity index (χ1n) is 9.53. The average molecular weight is 372 g/mol. The highest BCUT2D eigenvalue weighted by atomic mass is 19.1. The van der Waals surface area contributed by atoms with Crippen molar-refractivity contribution in [2.24, 2.45) is 5.41 Å². The van der Waals surface area contributed by atoms with Gasteiger partial charge in [-0.1, -0.05) is 32.9 Å². The number of nitrogens with zero attached hydrogens (tertiary/aromatic N) is 3. The molecule has 0 radical (unpaired) electrons. The zero-order valence-electron chi connectivity index (χ0n) is 16.8. The molecule has 0 saturated carbocycles. The first-order chi connectivity index (χ1) is 12.6. The molecular formula is C21H29FN4O. The minimum absolute atomic E-state index is 0.0537. The van der Waals surface area contributed by atoms with Gasteiger partial charge < -0.3 is 5.32 Å². The van der Waals surface area contributed by atoms with Gasteiger partial charge in [-0.25, -0.2) is 4.39 Å². The molecule has 27 heavy (non-hydrogen) atoms. The molecule has 5 nitrogen and oxygen atoms in total. The molecule has 2 aromatic rings. The van der Waals surface area contributed by atoms with Gasteiger partial charge in [0, 0.05) is 31.1 Å². The van der Waals surface area contributed by atoms with Crippen molar-refractivity contribution in [3.63, 3.8) is 0 Å². The van der Waals surface area contributed by atoms with Crippen LogP contribution in [-0.2, 0) is 17.9 Å². The van der Waals surface area contributed by atoms with Gasteiger partial charge in [-0.05, 0) is 37.0 Å². The molecule has 1 amide bonds. The molecule has 1 aliphatic heterocycles. The van der Waals surface area contributed by atoms with Crippen molar-refractivity contribution in [1.82, 2.24) is 14.7 Å². The Bertz CT molecular complexity index is 818. The summed E-state index contributed by atoms with van der Waals surface area (Å²) < 4.78 is 15.4. The third-order valence-corrected chi connectivity index (χ3v) is 4.82. The minimum atomic E-state index is -0.276. The minimum Gasteiger partial charge on any atom is -0.309 e. The molecule has 0 atom stereocenters. The molecule has 0 fully saturated rings. The first-order valence-corrected chi connectivity index (χ1v) is 9.53. The zero-order chi connectivity index (χ0) is 19.8. The number of fused-ring (bicyclic) bond motifs is 1. The second-order valence-electron chi connectivity index (χ2n) is 8.75. The van der Waals surface area contributed by atoms with E-state index in [-0.39, 0.29) is 17.1 Å². The van der Waals surface area contributed by atoms with Crippen LogP contribution in [0.5, 0.6) is 0 Å². The van der Waals surface area contributed by atoms with Gasteiger partial charge in [-0.3, -0.25) is 14.4 Å². The van der Waals surface area contributed by atoms with E-state index < -0.39 is 0 Å². The van der Waals surface area contributed by atoms with Crippen molar-refractivity contribution >= 4 is 11.7 Å². The third kappa shape index (κ3) is 4.56. The lowest BCUT2D eigenvalue weighted by atomic mass is 9.92. The van der Waals surface area contributed by atoms with Crippen LogP contribution < -0.4 is 5.32 Å². The Morgan fingerprint density at radius 2 is 1.89 bits per heavy atom. The Morgan fingerprint density at radius 3 is 2.48 bits per heavy atom. The molecule has 3 rings (SSSR count). The van der Waals surface area contributed by atoms with E-state index in [1.807, 2.05) is 25.5 Å². The summed E-state index contributed by atoms with van der Waals surface area (Å²) in [5.74, 6) is 0.236. The Hall–Kier alpha value is -2.21. The molecule has 1 aromatic heterocycles. The highest BCUT2D eigenvalue weighted by molar-refractivity contribution is 5.95. The van der Waals surface area contributed by atoms with Gasteiger partial charge in [0.1, 0.15) is 5.82 Å². The highest BCUT2D eigenvalue weighted by Crippen LogP contribution is 2.35. The van der Waals surface area contributed by atoms with Crippen molar-refractivity contribution in [1.29, 1.82) is 0 Å². The van der Waals surface area contributed by atoms with Crippen LogP contribution in [0.3, 0.4) is 0 Å². The fourth-order valence-corrected chi connectivity index (χ4v) is 3.44. The fraction of sp³-hybridized carbons (Fsp3) is 0.524. The number of aromatic nitrogens is 2. The number of carbonyl (C=O) groups is 1. The smallest absolute Gasteiger partial charge is 0.226 e. The second kappa shape index (κ2) is 7.43. The van der Waals surface area contributed by atoms with Crippen LogP contribution in [0, 0.1) is 11.2 Å². The van der Waals surface area contributed by atoms with Crippen molar-refractivity contribution in [2.45, 2.75) is 60.2 Å². The number of nitrogens with one attached hydrogen (secondary N) is 1. The molecular weight excluding hydrogens is 343 g/mol. The Kier molecular flexibility index (Phi) is 5.38. The lowest BCUT2D eigenvalue weighted by Crippen LogP contribution is -2.38. The quantitative estimate of drug-likeness (QED) is 0.871. The van der Waals surface area contributed by atoms with E-state index in [4.69, 9.17) is 0 Å². The third-order valence-electron chi connectivity index (χ3n) is 4.82. The number of hydrogen-bond donors (Lipinski definition) is 1. The van der Waals surface area contributed by atoms with Crippen LogP contribution in [0.2, 0.25) is 0 Å². The van der Waals surface area contributed by atoms with E-state index in [0.717, 1.165) is 36.5 Å². The predicted octanol–water partition coefficient (Wildman–Crippen LogP) is 4.29. The van der Waals surface area contributed by atoms with Crippen molar-refractivity contribution in [3.05, 3.63) is 35.8 Å². The largest absolute Gasteiger partial charge is 0.309 e. The van der Waals surface area contributed by atoms with Crippen molar-refractivity contribution in [2.75, 3.05) is 11.9 Å². The summed E-state index contributed by atoms with van der Waals surface area (Å²) in [4.78, 5) is 14.9. The van der Waals surface area contributed by atoms with E-state index in [1.165, 1.54) is 12.1 Å². The van der Waals surface area contributed by atoms with Crippen LogP contribution in [0.25, 0.3) is 11.1 Å². The van der Waals surface area contributed by atoms with Crippen molar-refractivity contribution in [3.8, 4) is 11.1 Å². The topological polar surface area (TPSA) is 50.2 Å². The Morgan fingerprint density at radius 1 is 1.22 bits per heavy atom. The maximum atomic E-state index is 13.4. The van der Waals surface area contributed by atoms with Gasteiger partial charge in [0.15, 0.2) is 5.82 Å². The summed E-state index contributed by atoms with van der Waals surface area (Å²) in [6, 6.07) is 6.82. The zero-order valence-corrected chi connectivity index (χ0v) is 16.8. The van der Waals surface area contributed by atoms with Gasteiger partial charge >= 0.3 is 0 Å². The second-order valence-corrected chi connectivity index (χ2v) is 8.75. The van der Waals surface area contributed by atoms with Crippen LogP contribution in [0.15, 0.2) is 24.3 Å². The molecule has 1 aromatic carbocycles. The number of hydrogen-bond acceptors (Lipinski definition) is 3. The van der Waals surface area contributed by atoms with Crippen LogP contribution in [0.4, 0.5) is 10.2 Å². The number of halogens is 1. The average Bonchev–Trinajstić information content (AvgIpc) is 2.90. The molecule has 0 aliphatic carbocycles. The van der Waals surface area contributed by atoms with Crippen LogP contribution >= 0.6 is 0 Å². The number of carbonyl (C=O) groups excluding carboxylic acids is 1. The molecule has 0 unspecified atom stereocenters. The summed E-state index contributed by atoms with van der Waals surface area (Å²) in [6.07, 6.45) is 0.413. The lowest BCUT2D eigenvalue weighted by molar-refractivity contribution is -0.117. The van der Waals surface area contributed by atoms with Gasteiger partial charge in [-0.2, -0.15) is 5.10 Å². The monoisotopic (exact) mass is 372 g/mol. The standard InChI is InChI=1S/C21H29FN4O/c1-14(2)25-10-11-26-17(13-25)19(15-6-8-16(22)9-7-15)20(24-26)23-18(27)12-21(3,4)5/h6-9,14H,10-13H2,1-5H3,(H,23,24,27). The lowest BCUT2D eigenvalue weighted by Gasteiger charge is -2.31. The molecule has 2 heterocycles. The summed E-state index contributed by atoms with van der Waals surface area (Å²) in [5, 5.41) is 7.68. The summed E-state index contributed by atoms with van der Waals surface area (Å²) in [7, 11) is 0. The predicted molar refractivity (Wildman–Crippen MR) is 106 cm³/mol. The van der Waals surface area contributed by atoms with E-state index >= 15 is 0 Å². The van der Waals surface area contributed by atoms with E-state index in [2.05, 4.69) is 29.2 Å². The SMILES string of the molecule is CC(C)N1CCn2nc(NC(=O)CC(C)(C)C)c(-c3ccc(F)cc3)c2C1. The first kappa shape index (κ1) is 19.5. The highest BCUT2D eigenvalue weighted by Gasteiger charge is 2.27. The van der Waals surface area contributed by atoms with Gasteiger partial charge in [0.05, 0.1) is 12.2 Å². The van der Waals surface area contributed by atoms with Gasteiger partial charge in [0.25, 0.3) is 0 Å². The summed E-state index contributed by atoms with van der Waals surface area (Å²) in [5.41, 5.74) is 2.72. The van der Waals surface area contributed by atoms with Gasteiger partial charge in [-0.15, -0.1) is 0 Å². The summed E-state index contributed by atoms with van der Waals surface area (Å²) >= 11 is 0. The molecule has 1 aliphatic rings. The van der Waals surface area contributed by atoms with Crippen molar-refractivity contribution < 1.29 is 9.18 Å². The van der Waals surface area contributed by atoms with E-state index in [0.29, 0.717) is 18.3 Å². The number of amides is 1. The molecule has 1 N–H and O–H groups in total. The maximum absolute atomic E-state index is 13.4. The Balaban J connectivity index is 2.00. The number of benzene rings is 1. The van der Waals surface area contributed by atoms with Crippen LogP contribution in [0.1, 0.15) is 46.7 Å². The van der Waals surface area contributed by atoms with Gasteiger partial charge in [0.2, 0.25) is 5.91 Å². The normalized spacial score (nSPS) is 15.1.